The van der Waals surface area contributed by atoms with Gasteiger partial charge in [0.05, 0.1) is 11.9 Å². The Hall–Kier alpha value is -2.63. The van der Waals surface area contributed by atoms with E-state index >= 15 is 0 Å². The van der Waals surface area contributed by atoms with Crippen molar-refractivity contribution in [2.24, 2.45) is 4.99 Å². The first-order valence-electron chi connectivity index (χ1n) is 4.86. The largest absolute Gasteiger partial charge is 0.492 e. The van der Waals surface area contributed by atoms with Gasteiger partial charge in [-0.05, 0) is 12.1 Å². The average molecular weight is 229 g/mol. The van der Waals surface area contributed by atoms with Crippen LogP contribution >= 0.6 is 0 Å². The highest BCUT2D eigenvalue weighted by atomic mass is 16.4. The Morgan fingerprint density at radius 2 is 2.35 bits per heavy atom. The summed E-state index contributed by atoms with van der Waals surface area (Å²) in [4.78, 5) is 21.1. The zero-order chi connectivity index (χ0) is 11.8. The molecule has 84 valence electrons. The molecule has 0 radical (unpaired) electrons. The molecule has 17 heavy (non-hydrogen) atoms. The second-order valence-corrected chi connectivity index (χ2v) is 3.48. The van der Waals surface area contributed by atoms with Crippen LogP contribution in [0, 0.1) is 0 Å². The number of aliphatic imine (C=N–C) groups is 1. The number of H-pyrrole nitrogens is 1. The van der Waals surface area contributed by atoms with E-state index in [9.17, 15) is 9.90 Å². The zero-order valence-electron chi connectivity index (χ0n) is 8.54. The molecule has 0 amide bonds. The molecule has 0 fully saturated rings. The van der Waals surface area contributed by atoms with Gasteiger partial charge in [-0.3, -0.25) is 15.0 Å². The molecule has 3 rings (SSSR count). The van der Waals surface area contributed by atoms with E-state index in [2.05, 4.69) is 15.0 Å². The smallest absolute Gasteiger partial charge is 0.419 e. The van der Waals surface area contributed by atoms with E-state index in [-0.39, 0.29) is 11.6 Å². The summed E-state index contributed by atoms with van der Waals surface area (Å²) in [5.41, 5.74) is 2.37. The number of fused-ring (bicyclic) bond motifs is 1. The van der Waals surface area contributed by atoms with Gasteiger partial charge in [0, 0.05) is 23.5 Å². The predicted molar refractivity (Wildman–Crippen MR) is 61.3 cm³/mol. The second kappa shape index (κ2) is 3.44. The maximum absolute atomic E-state index is 10.9. The Morgan fingerprint density at radius 1 is 1.47 bits per heavy atom. The summed E-state index contributed by atoms with van der Waals surface area (Å²) in [6.45, 7) is 0. The van der Waals surface area contributed by atoms with E-state index in [1.165, 1.54) is 0 Å². The molecule has 0 atom stereocenters. The lowest BCUT2D eigenvalue weighted by Gasteiger charge is -1.96. The van der Waals surface area contributed by atoms with Crippen LogP contribution in [-0.4, -0.2) is 21.3 Å². The molecule has 2 N–H and O–H groups in total. The van der Waals surface area contributed by atoms with E-state index < -0.39 is 5.76 Å². The number of hydrogen-bond donors (Lipinski definition) is 2. The standard InChI is InChI=1S/C11H7N3O3/c15-10-9(17-11(16)14-10)3-6-4-13-8-5-12-2-1-7(6)8/h1-5,15H,(H,14,16). The maximum atomic E-state index is 10.9. The van der Waals surface area contributed by atoms with Gasteiger partial charge < -0.3 is 9.52 Å². The number of oxazole rings is 1. The van der Waals surface area contributed by atoms with Gasteiger partial charge in [-0.25, -0.2) is 4.79 Å². The number of hydrogen-bond acceptors (Lipinski definition) is 5. The summed E-state index contributed by atoms with van der Waals surface area (Å²) in [5.74, 6) is -0.904. The quantitative estimate of drug-likeness (QED) is 0.771. The van der Waals surface area contributed by atoms with E-state index in [4.69, 9.17) is 4.42 Å². The molecule has 0 bridgehead atoms. The molecule has 3 heterocycles. The van der Waals surface area contributed by atoms with Gasteiger partial charge in [-0.2, -0.15) is 0 Å². The molecule has 6 nitrogen and oxygen atoms in total. The van der Waals surface area contributed by atoms with Gasteiger partial charge in [0.2, 0.25) is 5.88 Å². The van der Waals surface area contributed by atoms with E-state index in [0.717, 1.165) is 16.8 Å². The lowest BCUT2D eigenvalue weighted by atomic mass is 10.1. The fourth-order valence-electron chi connectivity index (χ4n) is 1.63. The van der Waals surface area contributed by atoms with Crippen molar-refractivity contribution in [3.8, 4) is 5.88 Å². The van der Waals surface area contributed by atoms with Gasteiger partial charge in [-0.1, -0.05) is 0 Å². The Kier molecular flexibility index (Phi) is 1.94. The molecule has 1 aliphatic heterocycles. The van der Waals surface area contributed by atoms with Gasteiger partial charge >= 0.3 is 5.76 Å². The van der Waals surface area contributed by atoms with Crippen molar-refractivity contribution in [1.82, 2.24) is 9.97 Å². The van der Waals surface area contributed by atoms with Crippen molar-refractivity contribution in [2.75, 3.05) is 0 Å². The number of aromatic amines is 1. The van der Waals surface area contributed by atoms with Crippen LogP contribution in [-0.2, 0) is 0 Å². The molecule has 0 saturated heterocycles. The van der Waals surface area contributed by atoms with Crippen molar-refractivity contribution in [2.45, 2.75) is 0 Å². The Bertz CT molecular complexity index is 694. The zero-order valence-corrected chi connectivity index (χ0v) is 8.54. The third-order valence-corrected chi connectivity index (χ3v) is 2.40. The number of rotatable bonds is 1. The fraction of sp³-hybridized carbons (Fsp3) is 0. The third kappa shape index (κ3) is 1.55. The molecule has 0 aromatic carbocycles. The first kappa shape index (κ1) is 9.59. The Morgan fingerprint density at radius 3 is 3.12 bits per heavy atom. The van der Waals surface area contributed by atoms with Gasteiger partial charge in [0.1, 0.15) is 0 Å². The molecular weight excluding hydrogens is 222 g/mol. The van der Waals surface area contributed by atoms with Crippen LogP contribution < -0.4 is 5.76 Å². The van der Waals surface area contributed by atoms with Crippen molar-refractivity contribution >= 4 is 23.6 Å². The second-order valence-electron chi connectivity index (χ2n) is 3.48. The highest BCUT2D eigenvalue weighted by Crippen LogP contribution is 2.32. The first-order chi connectivity index (χ1) is 8.24. The van der Waals surface area contributed by atoms with Crippen LogP contribution in [0.2, 0.25) is 0 Å². The minimum atomic E-state index is -0.695. The van der Waals surface area contributed by atoms with Crippen LogP contribution in [0.25, 0.3) is 11.6 Å². The van der Waals surface area contributed by atoms with E-state index in [1.807, 2.05) is 0 Å². The first-order valence-corrected chi connectivity index (χ1v) is 4.86. The SMILES string of the molecule is O=c1[nH]c(O)c(C=C2C=Nc3cnccc32)o1. The molecule has 0 spiro atoms. The number of allylic oxidation sites excluding steroid dienone is 1. The number of nitrogens with zero attached hydrogens (tertiary/aromatic N) is 2. The third-order valence-electron chi connectivity index (χ3n) is 2.40. The van der Waals surface area contributed by atoms with E-state index in [1.54, 1.807) is 30.8 Å². The number of pyridine rings is 1. The van der Waals surface area contributed by atoms with Crippen molar-refractivity contribution in [1.29, 1.82) is 0 Å². The van der Waals surface area contributed by atoms with Gasteiger partial charge in [0.15, 0.2) is 5.76 Å². The van der Waals surface area contributed by atoms with Gasteiger partial charge in [0.25, 0.3) is 0 Å². The topological polar surface area (TPSA) is 91.5 Å². The Labute approximate surface area is 95.0 Å². The minimum absolute atomic E-state index is 0.0844. The normalized spacial score (nSPS) is 15.4. The van der Waals surface area contributed by atoms with Crippen LogP contribution in [0.1, 0.15) is 11.3 Å². The van der Waals surface area contributed by atoms with Crippen LogP contribution in [0.15, 0.2) is 32.7 Å². The van der Waals surface area contributed by atoms with E-state index in [0.29, 0.717) is 0 Å². The number of aromatic nitrogens is 2. The molecule has 1 aliphatic rings. The highest BCUT2D eigenvalue weighted by Gasteiger charge is 2.14. The summed E-state index contributed by atoms with van der Waals surface area (Å²) < 4.78 is 4.78. The summed E-state index contributed by atoms with van der Waals surface area (Å²) in [6.07, 6.45) is 6.45. The molecule has 2 aromatic heterocycles. The molecule has 0 saturated carbocycles. The molecular formula is C11H7N3O3. The highest BCUT2D eigenvalue weighted by molar-refractivity contribution is 6.21. The lowest BCUT2D eigenvalue weighted by molar-refractivity contribution is 0.443. The molecule has 6 heteroatoms. The number of aromatic hydroxyl groups is 1. The lowest BCUT2D eigenvalue weighted by Crippen LogP contribution is -1.92. The Balaban J connectivity index is 2.11. The van der Waals surface area contributed by atoms with Crippen LogP contribution in [0.3, 0.4) is 0 Å². The maximum Gasteiger partial charge on any atom is 0.419 e. The van der Waals surface area contributed by atoms with Crippen molar-refractivity contribution in [3.05, 3.63) is 40.3 Å². The van der Waals surface area contributed by atoms with Crippen molar-refractivity contribution in [3.63, 3.8) is 0 Å². The summed E-state index contributed by atoms with van der Waals surface area (Å²) in [7, 11) is 0. The average Bonchev–Trinajstić information content (AvgIpc) is 2.85. The summed E-state index contributed by atoms with van der Waals surface area (Å²) in [5, 5.41) is 9.39. The minimum Gasteiger partial charge on any atom is -0.492 e. The molecule has 0 aliphatic carbocycles. The van der Waals surface area contributed by atoms with Crippen LogP contribution in [0.4, 0.5) is 5.69 Å². The van der Waals surface area contributed by atoms with Gasteiger partial charge in [-0.15, -0.1) is 0 Å². The molecule has 0 unspecified atom stereocenters. The fourth-order valence-corrected chi connectivity index (χ4v) is 1.63. The molecule has 2 aromatic rings. The van der Waals surface area contributed by atoms with Crippen LogP contribution in [0.5, 0.6) is 5.88 Å². The monoisotopic (exact) mass is 229 g/mol. The predicted octanol–water partition coefficient (Wildman–Crippen LogP) is 1.32. The number of nitrogens with one attached hydrogen (secondary N) is 1. The summed E-state index contributed by atoms with van der Waals surface area (Å²) in [6, 6.07) is 1.80. The van der Waals surface area contributed by atoms with Crippen molar-refractivity contribution < 1.29 is 9.52 Å². The summed E-state index contributed by atoms with van der Waals surface area (Å²) >= 11 is 0.